The number of benzene rings is 1. The molecule has 1 aliphatic heterocycles. The second kappa shape index (κ2) is 6.57. The quantitative estimate of drug-likeness (QED) is 0.473. The molecule has 1 saturated heterocycles. The minimum Gasteiger partial charge on any atom is -0.497 e. The summed E-state index contributed by atoms with van der Waals surface area (Å²) in [5.74, 6) is -0.00486. The van der Waals surface area contributed by atoms with Crippen LogP contribution < -0.4 is 4.74 Å². The van der Waals surface area contributed by atoms with Crippen molar-refractivity contribution in [1.29, 1.82) is 0 Å². The highest BCUT2D eigenvalue weighted by Crippen LogP contribution is 2.23. The third-order valence-electron chi connectivity index (χ3n) is 3.27. The van der Waals surface area contributed by atoms with E-state index in [4.69, 9.17) is 17.0 Å². The highest BCUT2D eigenvalue weighted by atomic mass is 32.1. The van der Waals surface area contributed by atoms with Gasteiger partial charge in [0.2, 0.25) is 0 Å². The zero-order chi connectivity index (χ0) is 16.3. The Kier molecular flexibility index (Phi) is 4.77. The molecule has 116 valence electrons. The van der Waals surface area contributed by atoms with Crippen molar-refractivity contribution in [3.05, 3.63) is 35.5 Å². The van der Waals surface area contributed by atoms with Crippen molar-refractivity contribution in [2.45, 2.75) is 0 Å². The van der Waals surface area contributed by atoms with Crippen molar-refractivity contribution >= 4 is 35.3 Å². The van der Waals surface area contributed by atoms with E-state index in [9.17, 15) is 9.59 Å². The van der Waals surface area contributed by atoms with E-state index in [1.54, 1.807) is 32.4 Å². The number of rotatable bonds is 4. The zero-order valence-corrected chi connectivity index (χ0v) is 13.3. The molecule has 1 aliphatic rings. The summed E-state index contributed by atoms with van der Waals surface area (Å²) in [4.78, 5) is 26.6. The Hall–Kier alpha value is -2.41. The van der Waals surface area contributed by atoms with Crippen molar-refractivity contribution in [3.63, 3.8) is 0 Å². The van der Waals surface area contributed by atoms with Gasteiger partial charge in [0, 0.05) is 7.05 Å². The number of likely N-dealkylation sites (N-methyl/N-ethyl adjacent to an activating group) is 1. The van der Waals surface area contributed by atoms with Crippen LogP contribution in [0.25, 0.3) is 6.08 Å². The molecule has 0 atom stereocenters. The van der Waals surface area contributed by atoms with Crippen LogP contribution >= 0.6 is 12.2 Å². The van der Waals surface area contributed by atoms with Crippen LogP contribution in [0.15, 0.2) is 30.0 Å². The van der Waals surface area contributed by atoms with Crippen LogP contribution in [0.4, 0.5) is 0 Å². The van der Waals surface area contributed by atoms with Crippen LogP contribution in [0, 0.1) is 0 Å². The smallest absolute Gasteiger partial charge is 0.325 e. The van der Waals surface area contributed by atoms with Gasteiger partial charge in [-0.2, -0.15) is 0 Å². The largest absolute Gasteiger partial charge is 0.497 e. The van der Waals surface area contributed by atoms with E-state index < -0.39 is 5.97 Å². The van der Waals surface area contributed by atoms with Crippen molar-refractivity contribution < 1.29 is 19.1 Å². The van der Waals surface area contributed by atoms with Gasteiger partial charge in [0.15, 0.2) is 5.11 Å². The molecule has 0 aromatic heterocycles. The predicted octanol–water partition coefficient (Wildman–Crippen LogP) is 1.27. The summed E-state index contributed by atoms with van der Waals surface area (Å²) < 4.78 is 9.74. The monoisotopic (exact) mass is 320 g/mol. The Labute approximate surface area is 133 Å². The van der Waals surface area contributed by atoms with Crippen molar-refractivity contribution in [2.24, 2.45) is 0 Å². The minimum absolute atomic E-state index is 0.104. The number of hydrogen-bond acceptors (Lipinski definition) is 5. The molecular weight excluding hydrogens is 304 g/mol. The first-order valence-electron chi connectivity index (χ1n) is 6.50. The number of nitrogens with zero attached hydrogens (tertiary/aromatic N) is 2. The van der Waals surface area contributed by atoms with Crippen molar-refractivity contribution in [3.8, 4) is 5.75 Å². The van der Waals surface area contributed by atoms with Gasteiger partial charge in [-0.25, -0.2) is 0 Å². The summed E-state index contributed by atoms with van der Waals surface area (Å²) in [7, 11) is 4.45. The van der Waals surface area contributed by atoms with Gasteiger partial charge in [-0.15, -0.1) is 0 Å². The number of methoxy groups -OCH3 is 2. The molecule has 0 aliphatic carbocycles. The molecule has 6 nitrogen and oxygen atoms in total. The second-order valence-electron chi connectivity index (χ2n) is 4.61. The van der Waals surface area contributed by atoms with Crippen LogP contribution in [-0.4, -0.2) is 54.6 Å². The van der Waals surface area contributed by atoms with Gasteiger partial charge >= 0.3 is 5.97 Å². The lowest BCUT2D eigenvalue weighted by atomic mass is 10.1. The number of amides is 1. The summed E-state index contributed by atoms with van der Waals surface area (Å²) >= 11 is 5.20. The molecule has 0 N–H and O–H groups in total. The van der Waals surface area contributed by atoms with Crippen LogP contribution in [0.2, 0.25) is 0 Å². The predicted molar refractivity (Wildman–Crippen MR) is 85.1 cm³/mol. The number of esters is 1. The maximum absolute atomic E-state index is 12.3. The first-order valence-corrected chi connectivity index (χ1v) is 6.91. The fourth-order valence-corrected chi connectivity index (χ4v) is 2.25. The summed E-state index contributed by atoms with van der Waals surface area (Å²) in [6, 6.07) is 7.21. The molecule has 22 heavy (non-hydrogen) atoms. The Morgan fingerprint density at radius 1 is 1.27 bits per heavy atom. The van der Waals surface area contributed by atoms with Crippen LogP contribution in [-0.2, 0) is 14.3 Å². The van der Waals surface area contributed by atoms with E-state index >= 15 is 0 Å². The lowest BCUT2D eigenvalue weighted by molar-refractivity contribution is -0.140. The number of carbonyl (C=O) groups excluding carboxylic acids is 2. The number of ether oxygens (including phenoxy) is 2. The molecule has 0 unspecified atom stereocenters. The average molecular weight is 320 g/mol. The van der Waals surface area contributed by atoms with Crippen molar-refractivity contribution in [1.82, 2.24) is 9.80 Å². The van der Waals surface area contributed by atoms with E-state index in [1.165, 1.54) is 16.9 Å². The lowest BCUT2D eigenvalue weighted by Gasteiger charge is -2.16. The number of thiocarbonyl (C=S) groups is 1. The molecule has 0 spiro atoms. The maximum Gasteiger partial charge on any atom is 0.325 e. The molecule has 1 fully saturated rings. The fraction of sp³-hybridized carbons (Fsp3) is 0.267. The van der Waals surface area contributed by atoms with Crippen LogP contribution in [0.3, 0.4) is 0 Å². The van der Waals surface area contributed by atoms with Gasteiger partial charge in [0.1, 0.15) is 18.0 Å². The first kappa shape index (κ1) is 16.0. The highest BCUT2D eigenvalue weighted by molar-refractivity contribution is 7.80. The Morgan fingerprint density at radius 2 is 1.91 bits per heavy atom. The van der Waals surface area contributed by atoms with E-state index in [1.807, 2.05) is 12.1 Å². The highest BCUT2D eigenvalue weighted by Gasteiger charge is 2.36. The Bertz CT molecular complexity index is 639. The van der Waals surface area contributed by atoms with E-state index in [0.717, 1.165) is 11.3 Å². The molecule has 7 heteroatoms. The third-order valence-corrected chi connectivity index (χ3v) is 3.76. The molecule has 1 aromatic carbocycles. The lowest BCUT2D eigenvalue weighted by Crippen LogP contribution is -2.33. The Balaban J connectivity index is 2.34. The maximum atomic E-state index is 12.3. The van der Waals surface area contributed by atoms with Gasteiger partial charge < -0.3 is 14.4 Å². The summed E-state index contributed by atoms with van der Waals surface area (Å²) in [6.45, 7) is -0.104. The summed E-state index contributed by atoms with van der Waals surface area (Å²) in [5.41, 5.74) is 1.14. The normalized spacial score (nSPS) is 16.4. The zero-order valence-electron chi connectivity index (χ0n) is 12.5. The molecule has 1 amide bonds. The van der Waals surface area contributed by atoms with E-state index in [0.29, 0.717) is 5.70 Å². The second-order valence-corrected chi connectivity index (χ2v) is 4.98. The van der Waals surface area contributed by atoms with Gasteiger partial charge in [-0.1, -0.05) is 12.1 Å². The number of hydrogen-bond donors (Lipinski definition) is 0. The topological polar surface area (TPSA) is 59.1 Å². The Morgan fingerprint density at radius 3 is 2.45 bits per heavy atom. The van der Waals surface area contributed by atoms with Gasteiger partial charge in [-0.3, -0.25) is 14.5 Å². The van der Waals surface area contributed by atoms with Crippen LogP contribution in [0.1, 0.15) is 5.56 Å². The van der Waals surface area contributed by atoms with E-state index in [2.05, 4.69) is 4.74 Å². The summed E-state index contributed by atoms with van der Waals surface area (Å²) in [6.07, 6.45) is 1.68. The molecule has 1 aromatic rings. The first-order chi connectivity index (χ1) is 10.5. The molecule has 1 heterocycles. The number of carbonyl (C=O) groups is 2. The average Bonchev–Trinajstić information content (AvgIpc) is 2.73. The minimum atomic E-state index is -0.467. The van der Waals surface area contributed by atoms with Gasteiger partial charge in [-0.05, 0) is 36.0 Å². The van der Waals surface area contributed by atoms with Gasteiger partial charge in [0.05, 0.1) is 14.2 Å². The fourth-order valence-electron chi connectivity index (χ4n) is 2.00. The molecular formula is C15H16N2O4S. The standard InChI is InChI=1S/C15H16N2O4S/c1-16-14(19)12(17(15(16)22)9-13(18)21-3)8-10-4-6-11(20-2)7-5-10/h4-8H,9H2,1-3H3. The third kappa shape index (κ3) is 3.09. The van der Waals surface area contributed by atoms with E-state index in [-0.39, 0.29) is 17.6 Å². The molecule has 0 radical (unpaired) electrons. The SMILES string of the molecule is COC(=O)CN1C(=S)N(C)C(=O)C1=Cc1ccc(OC)cc1. The molecule has 0 saturated carbocycles. The van der Waals surface area contributed by atoms with Gasteiger partial charge in [0.25, 0.3) is 5.91 Å². The van der Waals surface area contributed by atoms with Crippen LogP contribution in [0.5, 0.6) is 5.75 Å². The molecule has 2 rings (SSSR count). The molecule has 0 bridgehead atoms. The van der Waals surface area contributed by atoms with Crippen molar-refractivity contribution in [2.75, 3.05) is 27.8 Å². The summed E-state index contributed by atoms with van der Waals surface area (Å²) in [5, 5.41) is 0.273.